The number of hydrogen-bond donors (Lipinski definition) is 1. The fourth-order valence-electron chi connectivity index (χ4n) is 2.39. The average Bonchev–Trinajstić information content (AvgIpc) is 2.96. The van der Waals surface area contributed by atoms with Crippen LogP contribution in [0.5, 0.6) is 0 Å². The number of carbonyl (C=O) groups is 1. The van der Waals surface area contributed by atoms with Crippen LogP contribution < -0.4 is 5.32 Å². The van der Waals surface area contributed by atoms with E-state index in [4.69, 9.17) is 11.6 Å². The van der Waals surface area contributed by atoms with E-state index in [2.05, 4.69) is 33.4 Å². The molecule has 1 amide bonds. The normalized spacial score (nSPS) is 16.0. The molecule has 0 bridgehead atoms. The first-order valence-corrected chi connectivity index (χ1v) is 8.25. The molecule has 110 valence electrons. The van der Waals surface area contributed by atoms with E-state index >= 15 is 0 Å². The van der Waals surface area contributed by atoms with Crippen LogP contribution in [0.2, 0.25) is 0 Å². The highest BCUT2D eigenvalue weighted by molar-refractivity contribution is 7.13. The summed E-state index contributed by atoms with van der Waals surface area (Å²) in [5, 5.41) is 5.82. The van der Waals surface area contributed by atoms with Crippen molar-refractivity contribution in [2.75, 3.05) is 19.6 Å². The van der Waals surface area contributed by atoms with Gasteiger partial charge in [0.1, 0.15) is 5.01 Å². The first-order valence-electron chi connectivity index (χ1n) is 6.83. The van der Waals surface area contributed by atoms with Gasteiger partial charge in [-0.1, -0.05) is 18.2 Å². The van der Waals surface area contributed by atoms with Crippen molar-refractivity contribution in [3.05, 3.63) is 40.9 Å². The molecule has 1 saturated heterocycles. The number of benzene rings is 1. The molecule has 2 heterocycles. The van der Waals surface area contributed by atoms with Gasteiger partial charge < -0.3 is 5.32 Å². The van der Waals surface area contributed by atoms with Gasteiger partial charge in [-0.05, 0) is 11.6 Å². The van der Waals surface area contributed by atoms with Crippen molar-refractivity contribution in [2.45, 2.75) is 12.4 Å². The molecular formula is C15H16ClN3OS. The van der Waals surface area contributed by atoms with Gasteiger partial charge in [-0.2, -0.15) is 0 Å². The van der Waals surface area contributed by atoms with Crippen LogP contribution >= 0.6 is 22.9 Å². The molecule has 0 radical (unpaired) electrons. The third kappa shape index (κ3) is 3.61. The van der Waals surface area contributed by atoms with Crippen LogP contribution in [0.1, 0.15) is 11.3 Å². The number of aromatic nitrogens is 1. The quantitative estimate of drug-likeness (QED) is 0.880. The minimum Gasteiger partial charge on any atom is -0.354 e. The number of nitrogens with one attached hydrogen (secondary N) is 1. The number of alkyl halides is 1. The molecule has 1 aromatic heterocycles. The van der Waals surface area contributed by atoms with Crippen molar-refractivity contribution < 1.29 is 4.79 Å². The molecule has 0 atom stereocenters. The molecule has 1 aliphatic rings. The summed E-state index contributed by atoms with van der Waals surface area (Å²) >= 11 is 7.41. The van der Waals surface area contributed by atoms with Gasteiger partial charge in [0.05, 0.1) is 18.1 Å². The highest BCUT2D eigenvalue weighted by Gasteiger charge is 2.16. The maximum atomic E-state index is 11.4. The molecule has 4 nitrogen and oxygen atoms in total. The number of piperazine rings is 1. The van der Waals surface area contributed by atoms with Gasteiger partial charge in [-0.3, -0.25) is 9.69 Å². The van der Waals surface area contributed by atoms with Gasteiger partial charge in [0, 0.05) is 30.6 Å². The molecule has 1 aromatic carbocycles. The molecule has 0 spiro atoms. The van der Waals surface area contributed by atoms with E-state index in [1.54, 1.807) is 11.3 Å². The Kier molecular flexibility index (Phi) is 4.53. The zero-order valence-electron chi connectivity index (χ0n) is 11.5. The monoisotopic (exact) mass is 321 g/mol. The third-order valence-corrected chi connectivity index (χ3v) is 4.60. The molecule has 1 aliphatic heterocycles. The van der Waals surface area contributed by atoms with Gasteiger partial charge in [-0.15, -0.1) is 22.9 Å². The van der Waals surface area contributed by atoms with Gasteiger partial charge in [-0.25, -0.2) is 4.98 Å². The van der Waals surface area contributed by atoms with E-state index in [9.17, 15) is 4.79 Å². The standard InChI is InChI=1S/C15H16ClN3OS/c16-7-13-10-21-15(18-13)12-3-1-2-11(6-12)8-19-5-4-17-14(20)9-19/h1-3,6,10H,4-5,7-9H2,(H,17,20). The second-order valence-corrected chi connectivity index (χ2v) is 6.16. The Balaban J connectivity index is 1.75. The number of amides is 1. The topological polar surface area (TPSA) is 45.2 Å². The van der Waals surface area contributed by atoms with Crippen LogP contribution in [0.25, 0.3) is 10.6 Å². The summed E-state index contributed by atoms with van der Waals surface area (Å²) in [5.41, 5.74) is 3.22. The summed E-state index contributed by atoms with van der Waals surface area (Å²) in [4.78, 5) is 18.1. The van der Waals surface area contributed by atoms with Crippen LogP contribution in [0.4, 0.5) is 0 Å². The van der Waals surface area contributed by atoms with E-state index in [-0.39, 0.29) is 5.91 Å². The summed E-state index contributed by atoms with van der Waals surface area (Å²) in [6.07, 6.45) is 0. The van der Waals surface area contributed by atoms with Crippen molar-refractivity contribution in [1.82, 2.24) is 15.2 Å². The van der Waals surface area contributed by atoms with Crippen LogP contribution in [0.15, 0.2) is 29.6 Å². The SMILES string of the molecule is O=C1CN(Cc2cccc(-c3nc(CCl)cs3)c2)CCN1. The lowest BCUT2D eigenvalue weighted by Crippen LogP contribution is -2.47. The van der Waals surface area contributed by atoms with Crippen molar-refractivity contribution in [1.29, 1.82) is 0 Å². The van der Waals surface area contributed by atoms with Crippen molar-refractivity contribution in [2.24, 2.45) is 0 Å². The lowest BCUT2D eigenvalue weighted by molar-refractivity contribution is -0.124. The minimum absolute atomic E-state index is 0.101. The van der Waals surface area contributed by atoms with Gasteiger partial charge in [0.2, 0.25) is 5.91 Å². The number of nitrogens with zero attached hydrogens (tertiary/aromatic N) is 2. The first-order chi connectivity index (χ1) is 10.2. The summed E-state index contributed by atoms with van der Waals surface area (Å²) in [6, 6.07) is 8.33. The summed E-state index contributed by atoms with van der Waals surface area (Å²) in [6.45, 7) is 2.88. The highest BCUT2D eigenvalue weighted by Crippen LogP contribution is 2.25. The molecular weight excluding hydrogens is 306 g/mol. The van der Waals surface area contributed by atoms with Crippen molar-refractivity contribution in [3.8, 4) is 10.6 Å². The largest absolute Gasteiger partial charge is 0.354 e. The molecule has 3 rings (SSSR count). The smallest absolute Gasteiger partial charge is 0.234 e. The van der Waals surface area contributed by atoms with Crippen molar-refractivity contribution >= 4 is 28.8 Å². The predicted octanol–water partition coefficient (Wildman–Crippen LogP) is 2.48. The summed E-state index contributed by atoms with van der Waals surface area (Å²) in [7, 11) is 0. The highest BCUT2D eigenvalue weighted by atomic mass is 35.5. The van der Waals surface area contributed by atoms with Gasteiger partial charge in [0.25, 0.3) is 0 Å². The average molecular weight is 322 g/mol. The number of halogens is 1. The lowest BCUT2D eigenvalue weighted by Gasteiger charge is -2.26. The third-order valence-electron chi connectivity index (χ3n) is 3.39. The number of carbonyl (C=O) groups excluding carboxylic acids is 1. The Morgan fingerprint density at radius 1 is 1.43 bits per heavy atom. The fourth-order valence-corrected chi connectivity index (χ4v) is 3.43. The maximum absolute atomic E-state index is 11.4. The van der Waals surface area contributed by atoms with Crippen LogP contribution in [0, 0.1) is 0 Å². The molecule has 0 saturated carbocycles. The van der Waals surface area contributed by atoms with E-state index < -0.39 is 0 Å². The minimum atomic E-state index is 0.101. The Morgan fingerprint density at radius 3 is 3.10 bits per heavy atom. The molecule has 2 aromatic rings. The lowest BCUT2D eigenvalue weighted by atomic mass is 10.1. The maximum Gasteiger partial charge on any atom is 0.234 e. The Labute approximate surface area is 132 Å². The Bertz CT molecular complexity index is 643. The van der Waals surface area contributed by atoms with Gasteiger partial charge >= 0.3 is 0 Å². The zero-order valence-corrected chi connectivity index (χ0v) is 13.1. The van der Waals surface area contributed by atoms with E-state index in [1.165, 1.54) is 5.56 Å². The molecule has 0 unspecified atom stereocenters. The molecule has 1 N–H and O–H groups in total. The van der Waals surface area contributed by atoms with Crippen LogP contribution in [0.3, 0.4) is 0 Å². The first kappa shape index (κ1) is 14.5. The predicted molar refractivity (Wildman–Crippen MR) is 85.4 cm³/mol. The second-order valence-electron chi connectivity index (χ2n) is 5.04. The van der Waals surface area contributed by atoms with Crippen LogP contribution in [-0.4, -0.2) is 35.4 Å². The summed E-state index contributed by atoms with van der Waals surface area (Å²) < 4.78 is 0. The molecule has 21 heavy (non-hydrogen) atoms. The van der Waals surface area contributed by atoms with E-state index in [0.29, 0.717) is 12.4 Å². The number of rotatable bonds is 4. The zero-order chi connectivity index (χ0) is 14.7. The summed E-state index contributed by atoms with van der Waals surface area (Å²) in [5.74, 6) is 0.545. The van der Waals surface area contributed by atoms with Crippen molar-refractivity contribution in [3.63, 3.8) is 0 Å². The Morgan fingerprint density at radius 2 is 2.33 bits per heavy atom. The van der Waals surface area contributed by atoms with E-state index in [1.807, 2.05) is 11.4 Å². The number of hydrogen-bond acceptors (Lipinski definition) is 4. The number of thiazole rings is 1. The van der Waals surface area contributed by atoms with E-state index in [0.717, 1.165) is 35.9 Å². The van der Waals surface area contributed by atoms with Crippen LogP contribution in [-0.2, 0) is 17.2 Å². The molecule has 1 fully saturated rings. The Hall–Kier alpha value is -1.43. The molecule has 6 heteroatoms. The fraction of sp³-hybridized carbons (Fsp3) is 0.333. The second kappa shape index (κ2) is 6.56. The van der Waals surface area contributed by atoms with Gasteiger partial charge in [0.15, 0.2) is 0 Å². The molecule has 0 aliphatic carbocycles.